The van der Waals surface area contributed by atoms with E-state index in [-0.39, 0.29) is 5.82 Å². The van der Waals surface area contributed by atoms with Crippen LogP contribution in [0.1, 0.15) is 19.0 Å². The first-order valence-electron chi connectivity index (χ1n) is 6.64. The molecule has 3 rings (SSSR count). The van der Waals surface area contributed by atoms with E-state index >= 15 is 0 Å². The molecular formula is C16H14FN3. The normalized spacial score (nSPS) is 10.9. The summed E-state index contributed by atoms with van der Waals surface area (Å²) < 4.78 is 13.0. The standard InChI is InChI=1S/C16H14FN3/c1-2-3-14-16-15(19-10-18-14)9-8-13(20-16)11-4-6-12(17)7-5-11/h4-10H,2-3H2,1H3. The SMILES string of the molecule is CCCc1ncnc2ccc(-c3ccc(F)cc3)nc12. The van der Waals surface area contributed by atoms with E-state index in [4.69, 9.17) is 0 Å². The van der Waals surface area contributed by atoms with Crippen LogP contribution in [0, 0.1) is 5.82 Å². The number of aromatic nitrogens is 3. The van der Waals surface area contributed by atoms with Crippen LogP contribution in [0.15, 0.2) is 42.7 Å². The zero-order valence-electron chi connectivity index (χ0n) is 11.2. The maximum absolute atomic E-state index is 13.0. The highest BCUT2D eigenvalue weighted by atomic mass is 19.1. The van der Waals surface area contributed by atoms with Crippen LogP contribution in [-0.4, -0.2) is 15.0 Å². The summed E-state index contributed by atoms with van der Waals surface area (Å²) in [6.45, 7) is 2.11. The Morgan fingerprint density at radius 3 is 2.55 bits per heavy atom. The van der Waals surface area contributed by atoms with E-state index in [1.165, 1.54) is 12.1 Å². The molecule has 2 aromatic heterocycles. The van der Waals surface area contributed by atoms with E-state index in [0.717, 1.165) is 40.8 Å². The lowest BCUT2D eigenvalue weighted by atomic mass is 10.1. The van der Waals surface area contributed by atoms with Crippen molar-refractivity contribution in [3.63, 3.8) is 0 Å². The van der Waals surface area contributed by atoms with E-state index in [2.05, 4.69) is 21.9 Å². The van der Waals surface area contributed by atoms with Gasteiger partial charge in [0.05, 0.1) is 16.9 Å². The number of halogens is 1. The number of fused-ring (bicyclic) bond motifs is 1. The minimum absolute atomic E-state index is 0.246. The lowest BCUT2D eigenvalue weighted by Gasteiger charge is -2.06. The van der Waals surface area contributed by atoms with Gasteiger partial charge in [0.1, 0.15) is 17.7 Å². The number of hydrogen-bond donors (Lipinski definition) is 0. The summed E-state index contributed by atoms with van der Waals surface area (Å²) in [5, 5.41) is 0. The zero-order chi connectivity index (χ0) is 13.9. The molecule has 0 aliphatic heterocycles. The van der Waals surface area contributed by atoms with Gasteiger partial charge >= 0.3 is 0 Å². The van der Waals surface area contributed by atoms with Gasteiger partial charge in [0, 0.05) is 5.56 Å². The fourth-order valence-electron chi connectivity index (χ4n) is 2.19. The fourth-order valence-corrected chi connectivity index (χ4v) is 2.19. The number of rotatable bonds is 3. The molecule has 100 valence electrons. The summed E-state index contributed by atoms with van der Waals surface area (Å²) in [6.07, 6.45) is 3.46. The molecule has 0 aliphatic carbocycles. The van der Waals surface area contributed by atoms with Gasteiger partial charge in [-0.05, 0) is 42.8 Å². The number of nitrogens with zero attached hydrogens (tertiary/aromatic N) is 3. The highest BCUT2D eigenvalue weighted by Gasteiger charge is 2.07. The van der Waals surface area contributed by atoms with Crippen LogP contribution in [0.2, 0.25) is 0 Å². The molecule has 0 aliphatic rings. The number of hydrogen-bond acceptors (Lipinski definition) is 3. The topological polar surface area (TPSA) is 38.7 Å². The molecule has 0 radical (unpaired) electrons. The zero-order valence-corrected chi connectivity index (χ0v) is 11.2. The van der Waals surface area contributed by atoms with Crippen LogP contribution in [0.25, 0.3) is 22.3 Å². The van der Waals surface area contributed by atoms with Crippen LogP contribution in [-0.2, 0) is 6.42 Å². The molecule has 0 saturated heterocycles. The average molecular weight is 267 g/mol. The average Bonchev–Trinajstić information content (AvgIpc) is 2.48. The Morgan fingerprint density at radius 2 is 1.80 bits per heavy atom. The number of benzene rings is 1. The van der Waals surface area contributed by atoms with Crippen molar-refractivity contribution in [2.24, 2.45) is 0 Å². The molecule has 0 unspecified atom stereocenters. The van der Waals surface area contributed by atoms with Gasteiger partial charge in [-0.1, -0.05) is 13.3 Å². The second-order valence-electron chi connectivity index (χ2n) is 4.64. The smallest absolute Gasteiger partial charge is 0.123 e. The first kappa shape index (κ1) is 12.7. The monoisotopic (exact) mass is 267 g/mol. The second kappa shape index (κ2) is 5.33. The molecule has 0 amide bonds. The minimum atomic E-state index is -0.246. The van der Waals surface area contributed by atoms with Gasteiger partial charge in [-0.3, -0.25) is 0 Å². The van der Waals surface area contributed by atoms with Crippen molar-refractivity contribution in [3.05, 3.63) is 54.2 Å². The number of aryl methyl sites for hydroxylation is 1. The molecule has 0 fully saturated rings. The minimum Gasteiger partial charge on any atom is -0.244 e. The summed E-state index contributed by atoms with van der Waals surface area (Å²) in [5.41, 5.74) is 4.33. The molecule has 1 aromatic carbocycles. The molecule has 3 aromatic rings. The van der Waals surface area contributed by atoms with Crippen LogP contribution >= 0.6 is 0 Å². The lowest BCUT2D eigenvalue weighted by Crippen LogP contribution is -1.96. The molecule has 0 bridgehead atoms. The van der Waals surface area contributed by atoms with Gasteiger partial charge in [0.25, 0.3) is 0 Å². The van der Waals surface area contributed by atoms with Gasteiger partial charge in [-0.25, -0.2) is 19.3 Å². The molecule has 4 heteroatoms. The lowest BCUT2D eigenvalue weighted by molar-refractivity contribution is 0.628. The third-order valence-electron chi connectivity index (χ3n) is 3.18. The van der Waals surface area contributed by atoms with Crippen LogP contribution in [0.4, 0.5) is 4.39 Å². The quantitative estimate of drug-likeness (QED) is 0.724. The van der Waals surface area contributed by atoms with Crippen LogP contribution in [0.5, 0.6) is 0 Å². The van der Waals surface area contributed by atoms with Crippen molar-refractivity contribution in [2.45, 2.75) is 19.8 Å². The summed E-state index contributed by atoms with van der Waals surface area (Å²) in [5.74, 6) is -0.246. The maximum atomic E-state index is 13.0. The van der Waals surface area contributed by atoms with E-state index in [1.807, 2.05) is 12.1 Å². The van der Waals surface area contributed by atoms with Crippen molar-refractivity contribution < 1.29 is 4.39 Å². The van der Waals surface area contributed by atoms with Crippen molar-refractivity contribution >= 4 is 11.0 Å². The van der Waals surface area contributed by atoms with Gasteiger partial charge < -0.3 is 0 Å². The Labute approximate surface area is 116 Å². The van der Waals surface area contributed by atoms with Crippen molar-refractivity contribution in [1.29, 1.82) is 0 Å². The van der Waals surface area contributed by atoms with Crippen LogP contribution < -0.4 is 0 Å². The first-order valence-corrected chi connectivity index (χ1v) is 6.64. The number of pyridine rings is 1. The van der Waals surface area contributed by atoms with Gasteiger partial charge in [0.2, 0.25) is 0 Å². The fraction of sp³-hybridized carbons (Fsp3) is 0.188. The highest BCUT2D eigenvalue weighted by Crippen LogP contribution is 2.22. The predicted octanol–water partition coefficient (Wildman–Crippen LogP) is 3.78. The van der Waals surface area contributed by atoms with Gasteiger partial charge in [0.15, 0.2) is 0 Å². The Morgan fingerprint density at radius 1 is 1.00 bits per heavy atom. The molecule has 2 heterocycles. The maximum Gasteiger partial charge on any atom is 0.123 e. The largest absolute Gasteiger partial charge is 0.244 e. The highest BCUT2D eigenvalue weighted by molar-refractivity contribution is 5.79. The second-order valence-corrected chi connectivity index (χ2v) is 4.64. The van der Waals surface area contributed by atoms with Crippen LogP contribution in [0.3, 0.4) is 0 Å². The first-order chi connectivity index (χ1) is 9.78. The van der Waals surface area contributed by atoms with E-state index in [1.54, 1.807) is 18.5 Å². The molecule has 3 nitrogen and oxygen atoms in total. The Hall–Kier alpha value is -2.36. The molecular weight excluding hydrogens is 253 g/mol. The van der Waals surface area contributed by atoms with E-state index < -0.39 is 0 Å². The van der Waals surface area contributed by atoms with Gasteiger partial charge in [-0.15, -0.1) is 0 Å². The van der Waals surface area contributed by atoms with E-state index in [9.17, 15) is 4.39 Å². The third-order valence-corrected chi connectivity index (χ3v) is 3.18. The predicted molar refractivity (Wildman–Crippen MR) is 76.7 cm³/mol. The van der Waals surface area contributed by atoms with Crippen molar-refractivity contribution in [1.82, 2.24) is 15.0 Å². The Bertz CT molecular complexity index is 738. The molecule has 0 saturated carbocycles. The molecule has 20 heavy (non-hydrogen) atoms. The summed E-state index contributed by atoms with van der Waals surface area (Å²) in [6, 6.07) is 10.2. The molecule has 0 atom stereocenters. The van der Waals surface area contributed by atoms with Gasteiger partial charge in [-0.2, -0.15) is 0 Å². The van der Waals surface area contributed by atoms with Crippen molar-refractivity contribution in [2.75, 3.05) is 0 Å². The Balaban J connectivity index is 2.13. The molecule has 0 spiro atoms. The third kappa shape index (κ3) is 2.37. The Kier molecular flexibility index (Phi) is 3.37. The van der Waals surface area contributed by atoms with Crippen molar-refractivity contribution in [3.8, 4) is 11.3 Å². The summed E-state index contributed by atoms with van der Waals surface area (Å²) in [4.78, 5) is 13.2. The summed E-state index contributed by atoms with van der Waals surface area (Å²) >= 11 is 0. The molecule has 0 N–H and O–H groups in total. The summed E-state index contributed by atoms with van der Waals surface area (Å²) in [7, 11) is 0. The van der Waals surface area contributed by atoms with E-state index in [0.29, 0.717) is 0 Å².